The van der Waals surface area contributed by atoms with E-state index in [1.54, 1.807) is 12.1 Å². The van der Waals surface area contributed by atoms with Crippen molar-refractivity contribution in [1.82, 2.24) is 15.5 Å². The van der Waals surface area contributed by atoms with Crippen LogP contribution in [0.1, 0.15) is 18.4 Å². The molecule has 0 bridgehead atoms. The number of rotatable bonds is 9. The summed E-state index contributed by atoms with van der Waals surface area (Å²) in [5.74, 6) is -0.124. The highest BCUT2D eigenvalue weighted by atomic mass is 19.1. The van der Waals surface area contributed by atoms with E-state index in [0.717, 1.165) is 31.6 Å². The zero-order chi connectivity index (χ0) is 14.8. The monoisotopic (exact) mass is 281 g/mol. The van der Waals surface area contributed by atoms with Gasteiger partial charge in [0.1, 0.15) is 5.82 Å². The Balaban J connectivity index is 2.15. The number of carbonyl (C=O) groups is 1. The number of nitrogens with one attached hydrogen (secondary N) is 2. The molecular weight excluding hydrogens is 257 g/mol. The second-order valence-corrected chi connectivity index (χ2v) is 4.92. The van der Waals surface area contributed by atoms with Crippen molar-refractivity contribution in [3.8, 4) is 0 Å². The van der Waals surface area contributed by atoms with Crippen LogP contribution >= 0.6 is 0 Å². The van der Waals surface area contributed by atoms with Gasteiger partial charge in [-0.1, -0.05) is 12.1 Å². The Labute approximate surface area is 120 Å². The lowest BCUT2D eigenvalue weighted by molar-refractivity contribution is -0.121. The molecule has 0 saturated carbocycles. The summed E-state index contributed by atoms with van der Waals surface area (Å²) >= 11 is 0. The predicted molar refractivity (Wildman–Crippen MR) is 78.9 cm³/mol. The van der Waals surface area contributed by atoms with Crippen molar-refractivity contribution in [1.29, 1.82) is 0 Å². The van der Waals surface area contributed by atoms with Gasteiger partial charge in [-0.15, -0.1) is 0 Å². The summed E-state index contributed by atoms with van der Waals surface area (Å²) in [7, 11) is 3.86. The molecule has 4 nitrogen and oxygen atoms in total. The van der Waals surface area contributed by atoms with Crippen LogP contribution in [0.5, 0.6) is 0 Å². The molecule has 0 aliphatic heterocycles. The first-order valence-electron chi connectivity index (χ1n) is 6.96. The normalized spacial score (nSPS) is 10.8. The fourth-order valence-electron chi connectivity index (χ4n) is 1.88. The minimum atomic E-state index is -0.217. The first kappa shape index (κ1) is 16.6. The maximum atomic E-state index is 12.8. The molecule has 0 radical (unpaired) electrons. The summed E-state index contributed by atoms with van der Waals surface area (Å²) < 4.78 is 12.8. The zero-order valence-electron chi connectivity index (χ0n) is 12.3. The second kappa shape index (κ2) is 9.44. The van der Waals surface area contributed by atoms with E-state index in [1.165, 1.54) is 12.1 Å². The Hall–Kier alpha value is -1.46. The molecule has 20 heavy (non-hydrogen) atoms. The van der Waals surface area contributed by atoms with E-state index < -0.39 is 0 Å². The highest BCUT2D eigenvalue weighted by Crippen LogP contribution is 2.04. The van der Waals surface area contributed by atoms with Gasteiger partial charge in [-0.3, -0.25) is 4.79 Å². The van der Waals surface area contributed by atoms with Gasteiger partial charge in [-0.25, -0.2) is 4.39 Å². The Bertz CT molecular complexity index is 395. The third-order valence-electron chi connectivity index (χ3n) is 3.01. The van der Waals surface area contributed by atoms with E-state index in [0.29, 0.717) is 13.0 Å². The summed E-state index contributed by atoms with van der Waals surface area (Å²) in [6, 6.07) is 6.49. The molecule has 1 amide bonds. The molecule has 2 N–H and O–H groups in total. The first-order chi connectivity index (χ1) is 9.61. The molecule has 1 aromatic carbocycles. The van der Waals surface area contributed by atoms with Gasteiger partial charge < -0.3 is 15.5 Å². The van der Waals surface area contributed by atoms with Gasteiger partial charge in [0, 0.05) is 26.1 Å². The molecule has 5 heteroatoms. The van der Waals surface area contributed by atoms with E-state index in [4.69, 9.17) is 0 Å². The van der Waals surface area contributed by atoms with Crippen molar-refractivity contribution in [2.75, 3.05) is 33.7 Å². The average Bonchev–Trinajstić information content (AvgIpc) is 2.42. The fourth-order valence-corrected chi connectivity index (χ4v) is 1.88. The van der Waals surface area contributed by atoms with Gasteiger partial charge in [0.15, 0.2) is 0 Å². The molecule has 0 aliphatic carbocycles. The lowest BCUT2D eigenvalue weighted by Crippen LogP contribution is -2.32. The largest absolute Gasteiger partial charge is 0.355 e. The first-order valence-corrected chi connectivity index (χ1v) is 6.96. The third-order valence-corrected chi connectivity index (χ3v) is 3.01. The second-order valence-electron chi connectivity index (χ2n) is 4.92. The number of carbonyl (C=O) groups excluding carboxylic acids is 1. The van der Waals surface area contributed by atoms with Crippen LogP contribution < -0.4 is 10.6 Å². The lowest BCUT2D eigenvalue weighted by Gasteiger charge is -2.17. The Morgan fingerprint density at radius 1 is 1.25 bits per heavy atom. The molecule has 1 aromatic rings. The average molecular weight is 281 g/mol. The molecule has 0 aromatic heterocycles. The van der Waals surface area contributed by atoms with E-state index in [9.17, 15) is 9.18 Å². The quantitative estimate of drug-likeness (QED) is 0.672. The van der Waals surface area contributed by atoms with Crippen LogP contribution in [0, 0.1) is 5.82 Å². The maximum absolute atomic E-state index is 12.8. The van der Waals surface area contributed by atoms with Crippen LogP contribution in [0.4, 0.5) is 4.39 Å². The van der Waals surface area contributed by atoms with Gasteiger partial charge in [0.05, 0.1) is 0 Å². The van der Waals surface area contributed by atoms with Crippen molar-refractivity contribution in [2.45, 2.75) is 19.4 Å². The number of benzene rings is 1. The third kappa shape index (κ3) is 7.21. The molecule has 0 saturated heterocycles. The summed E-state index contributed by atoms with van der Waals surface area (Å²) in [6.07, 6.45) is 1.41. The van der Waals surface area contributed by atoms with Crippen molar-refractivity contribution in [3.05, 3.63) is 35.6 Å². The van der Waals surface area contributed by atoms with E-state index in [2.05, 4.69) is 15.5 Å². The van der Waals surface area contributed by atoms with E-state index >= 15 is 0 Å². The zero-order valence-corrected chi connectivity index (χ0v) is 12.3. The number of likely N-dealkylation sites (N-methyl/N-ethyl adjacent to an activating group) is 1. The minimum absolute atomic E-state index is 0.0930. The molecule has 0 atom stereocenters. The summed E-state index contributed by atoms with van der Waals surface area (Å²) in [4.78, 5) is 13.6. The number of hydrogen-bond acceptors (Lipinski definition) is 3. The standard InChI is InChI=1S/C15H24FN3O/c1-17-9-3-4-15(20)18-10-11-19(2)12-13-5-7-14(16)8-6-13/h5-8,17H,3-4,9-12H2,1-2H3,(H,18,20). The predicted octanol–water partition coefficient (Wildman–Crippen LogP) is 1.37. The Morgan fingerprint density at radius 2 is 1.95 bits per heavy atom. The van der Waals surface area contributed by atoms with E-state index in [-0.39, 0.29) is 11.7 Å². The van der Waals surface area contributed by atoms with Crippen LogP contribution in [0.2, 0.25) is 0 Å². The minimum Gasteiger partial charge on any atom is -0.355 e. The van der Waals surface area contributed by atoms with Crippen molar-refractivity contribution < 1.29 is 9.18 Å². The smallest absolute Gasteiger partial charge is 0.220 e. The Kier molecular flexibility index (Phi) is 7.84. The molecule has 0 unspecified atom stereocenters. The Morgan fingerprint density at radius 3 is 2.60 bits per heavy atom. The topological polar surface area (TPSA) is 44.4 Å². The summed E-state index contributed by atoms with van der Waals surface area (Å²) in [6.45, 7) is 3.01. The molecule has 0 spiro atoms. The SMILES string of the molecule is CNCCCC(=O)NCCN(C)Cc1ccc(F)cc1. The van der Waals surface area contributed by atoms with Crippen molar-refractivity contribution in [2.24, 2.45) is 0 Å². The van der Waals surface area contributed by atoms with Crippen molar-refractivity contribution >= 4 is 5.91 Å². The van der Waals surface area contributed by atoms with E-state index in [1.807, 2.05) is 14.1 Å². The molecule has 0 heterocycles. The van der Waals surface area contributed by atoms with Gasteiger partial charge in [-0.05, 0) is 44.8 Å². The number of nitrogens with zero attached hydrogens (tertiary/aromatic N) is 1. The summed E-state index contributed by atoms with van der Waals surface area (Å²) in [5.41, 5.74) is 1.06. The van der Waals surface area contributed by atoms with Crippen LogP contribution in [0.15, 0.2) is 24.3 Å². The molecule has 0 aliphatic rings. The summed E-state index contributed by atoms with van der Waals surface area (Å²) in [5, 5.41) is 5.91. The van der Waals surface area contributed by atoms with Gasteiger partial charge in [-0.2, -0.15) is 0 Å². The number of amides is 1. The van der Waals surface area contributed by atoms with Crippen LogP contribution in [0.3, 0.4) is 0 Å². The van der Waals surface area contributed by atoms with Crippen LogP contribution in [-0.2, 0) is 11.3 Å². The highest BCUT2D eigenvalue weighted by Gasteiger charge is 2.03. The molecule has 112 valence electrons. The maximum Gasteiger partial charge on any atom is 0.220 e. The highest BCUT2D eigenvalue weighted by molar-refractivity contribution is 5.75. The number of halogens is 1. The fraction of sp³-hybridized carbons (Fsp3) is 0.533. The van der Waals surface area contributed by atoms with Gasteiger partial charge >= 0.3 is 0 Å². The van der Waals surface area contributed by atoms with Gasteiger partial charge in [0.25, 0.3) is 0 Å². The van der Waals surface area contributed by atoms with Crippen LogP contribution in [0.25, 0.3) is 0 Å². The molecule has 1 rings (SSSR count). The molecular formula is C15H24FN3O. The lowest BCUT2D eigenvalue weighted by atomic mass is 10.2. The number of hydrogen-bond donors (Lipinski definition) is 2. The molecule has 0 fully saturated rings. The van der Waals surface area contributed by atoms with Crippen molar-refractivity contribution in [3.63, 3.8) is 0 Å². The van der Waals surface area contributed by atoms with Crippen LogP contribution in [-0.4, -0.2) is 44.5 Å². The van der Waals surface area contributed by atoms with Gasteiger partial charge in [0.2, 0.25) is 5.91 Å².